The van der Waals surface area contributed by atoms with Crippen molar-refractivity contribution >= 4 is 0 Å². The van der Waals surface area contributed by atoms with E-state index in [1.165, 1.54) is 0 Å². The van der Waals surface area contributed by atoms with Gasteiger partial charge in [-0.15, -0.1) is 6.58 Å². The molecule has 0 saturated heterocycles. The van der Waals surface area contributed by atoms with E-state index in [0.29, 0.717) is 6.54 Å². The van der Waals surface area contributed by atoms with Gasteiger partial charge in [-0.1, -0.05) is 6.08 Å². The molecular formula is C7H14NO-. The molecule has 0 unspecified atom stereocenters. The highest BCUT2D eigenvalue weighted by Gasteiger charge is 1.83. The smallest absolute Gasteiger partial charge is 0.0147 e. The molecule has 9 heavy (non-hydrogen) atoms. The maximum absolute atomic E-state index is 10.3. The fourth-order valence-electron chi connectivity index (χ4n) is 0.623. The molecule has 0 aromatic rings. The van der Waals surface area contributed by atoms with Gasteiger partial charge < -0.3 is 10.3 Å². The molecule has 0 aromatic carbocycles. The van der Waals surface area contributed by atoms with Gasteiger partial charge in [-0.05, 0) is 32.9 Å². The zero-order chi connectivity index (χ0) is 7.11. The second-order valence-electron chi connectivity index (χ2n) is 2.14. The van der Waals surface area contributed by atoms with Gasteiger partial charge in [0.1, 0.15) is 0 Å². The van der Waals surface area contributed by atoms with Crippen molar-refractivity contribution in [2.45, 2.75) is 19.3 Å². The normalized spacial score (nSPS) is 10.1. The first-order chi connectivity index (χ1) is 4.27. The SMILES string of the molecule is C=CCCCCN(C)[O-]. The van der Waals surface area contributed by atoms with Crippen molar-refractivity contribution < 1.29 is 0 Å². The summed E-state index contributed by atoms with van der Waals surface area (Å²) in [5.41, 5.74) is 0. The lowest BCUT2D eigenvalue weighted by atomic mass is 10.2. The lowest BCUT2D eigenvalue weighted by molar-refractivity contribution is 0.439. The minimum absolute atomic E-state index is 0.647. The van der Waals surface area contributed by atoms with Crippen LogP contribution in [0.2, 0.25) is 0 Å². The van der Waals surface area contributed by atoms with Crippen molar-refractivity contribution in [2.75, 3.05) is 13.6 Å². The van der Waals surface area contributed by atoms with Crippen LogP contribution in [0, 0.1) is 5.21 Å². The molecule has 0 saturated carbocycles. The zero-order valence-corrected chi connectivity index (χ0v) is 5.97. The molecule has 0 heterocycles. The van der Waals surface area contributed by atoms with Gasteiger partial charge in [-0.3, -0.25) is 0 Å². The van der Waals surface area contributed by atoms with Gasteiger partial charge in [-0.2, -0.15) is 0 Å². The second kappa shape index (κ2) is 5.79. The van der Waals surface area contributed by atoms with Gasteiger partial charge in [0.25, 0.3) is 0 Å². The summed E-state index contributed by atoms with van der Waals surface area (Å²) < 4.78 is 0. The second-order valence-corrected chi connectivity index (χ2v) is 2.14. The lowest BCUT2D eigenvalue weighted by Crippen LogP contribution is -2.10. The first-order valence-electron chi connectivity index (χ1n) is 3.26. The van der Waals surface area contributed by atoms with E-state index in [4.69, 9.17) is 0 Å². The molecule has 0 fully saturated rings. The highest BCUT2D eigenvalue weighted by Crippen LogP contribution is 1.95. The summed E-state index contributed by atoms with van der Waals surface area (Å²) in [7, 11) is 1.55. The average Bonchev–Trinajstić information content (AvgIpc) is 1.80. The first kappa shape index (κ1) is 8.66. The van der Waals surface area contributed by atoms with Crippen LogP contribution < -0.4 is 0 Å². The van der Waals surface area contributed by atoms with Crippen LogP contribution in [0.3, 0.4) is 0 Å². The molecule has 0 atom stereocenters. The largest absolute Gasteiger partial charge is 0.785 e. The van der Waals surface area contributed by atoms with Crippen LogP contribution in [0.1, 0.15) is 19.3 Å². The molecule has 2 nitrogen and oxygen atoms in total. The summed E-state index contributed by atoms with van der Waals surface area (Å²) >= 11 is 0. The van der Waals surface area contributed by atoms with E-state index in [-0.39, 0.29) is 0 Å². The molecule has 0 rings (SSSR count). The number of rotatable bonds is 5. The van der Waals surface area contributed by atoms with Gasteiger partial charge in [0.2, 0.25) is 0 Å². The van der Waals surface area contributed by atoms with Gasteiger partial charge in [0, 0.05) is 0 Å². The molecule has 0 amide bonds. The summed E-state index contributed by atoms with van der Waals surface area (Å²) in [6, 6.07) is 0. The zero-order valence-electron chi connectivity index (χ0n) is 5.97. The molecule has 0 N–H and O–H groups in total. The van der Waals surface area contributed by atoms with E-state index in [9.17, 15) is 5.21 Å². The van der Waals surface area contributed by atoms with Gasteiger partial charge in [0.15, 0.2) is 0 Å². The van der Waals surface area contributed by atoms with E-state index >= 15 is 0 Å². The maximum Gasteiger partial charge on any atom is -0.0147 e. The molecule has 0 aliphatic carbocycles. The van der Waals surface area contributed by atoms with Crippen molar-refractivity contribution in [3.8, 4) is 0 Å². The summed E-state index contributed by atoms with van der Waals surface area (Å²) in [5, 5.41) is 11.3. The van der Waals surface area contributed by atoms with Crippen LogP contribution in [0.15, 0.2) is 12.7 Å². The summed E-state index contributed by atoms with van der Waals surface area (Å²) in [5.74, 6) is 0. The first-order valence-corrected chi connectivity index (χ1v) is 3.26. The van der Waals surface area contributed by atoms with Crippen molar-refractivity contribution in [1.82, 2.24) is 5.06 Å². The Balaban J connectivity index is 2.82. The van der Waals surface area contributed by atoms with E-state index in [1.807, 2.05) is 6.08 Å². The molecule has 54 valence electrons. The molecule has 0 bridgehead atoms. The lowest BCUT2D eigenvalue weighted by Gasteiger charge is -2.20. The summed E-state index contributed by atoms with van der Waals surface area (Å²) in [6.07, 6.45) is 4.96. The van der Waals surface area contributed by atoms with Gasteiger partial charge in [0.05, 0.1) is 0 Å². The third-order valence-corrected chi connectivity index (χ3v) is 1.13. The van der Waals surface area contributed by atoms with Gasteiger partial charge in [-0.25, -0.2) is 0 Å². The van der Waals surface area contributed by atoms with Crippen molar-refractivity contribution in [3.05, 3.63) is 17.9 Å². The maximum atomic E-state index is 10.3. The number of allylic oxidation sites excluding steroid dienone is 1. The predicted octanol–water partition coefficient (Wildman–Crippen LogP) is 1.77. The molecule has 0 radical (unpaired) electrons. The van der Waals surface area contributed by atoms with Crippen LogP contribution in [0.4, 0.5) is 0 Å². The van der Waals surface area contributed by atoms with Crippen molar-refractivity contribution in [1.29, 1.82) is 0 Å². The van der Waals surface area contributed by atoms with Crippen molar-refractivity contribution in [2.24, 2.45) is 0 Å². The van der Waals surface area contributed by atoms with Crippen molar-refractivity contribution in [3.63, 3.8) is 0 Å². The van der Waals surface area contributed by atoms with E-state index in [0.717, 1.165) is 24.3 Å². The number of unbranched alkanes of at least 4 members (excludes halogenated alkanes) is 2. The topological polar surface area (TPSA) is 26.3 Å². The fraction of sp³-hybridized carbons (Fsp3) is 0.714. The van der Waals surface area contributed by atoms with Crippen LogP contribution in [0.25, 0.3) is 0 Å². The third-order valence-electron chi connectivity index (χ3n) is 1.13. The number of hydroxylamine groups is 2. The molecule has 0 spiro atoms. The molecule has 2 heteroatoms. The quantitative estimate of drug-likeness (QED) is 0.320. The number of hydrogen-bond donors (Lipinski definition) is 0. The van der Waals surface area contributed by atoms with Crippen LogP contribution in [-0.4, -0.2) is 18.7 Å². The average molecular weight is 128 g/mol. The Hall–Kier alpha value is -0.340. The van der Waals surface area contributed by atoms with Crippen LogP contribution in [-0.2, 0) is 0 Å². The molecular weight excluding hydrogens is 114 g/mol. The van der Waals surface area contributed by atoms with E-state index in [2.05, 4.69) is 6.58 Å². The third kappa shape index (κ3) is 7.66. The van der Waals surface area contributed by atoms with Crippen LogP contribution >= 0.6 is 0 Å². The monoisotopic (exact) mass is 128 g/mol. The van der Waals surface area contributed by atoms with E-state index < -0.39 is 0 Å². The minimum Gasteiger partial charge on any atom is -0.785 e. The Morgan fingerprint density at radius 1 is 1.56 bits per heavy atom. The highest BCUT2D eigenvalue weighted by molar-refractivity contribution is 4.65. The molecule has 0 aliphatic rings. The standard InChI is InChI=1S/C7H14NO/c1-3-4-5-6-7-8(2)9/h3H,1,4-7H2,2H3/q-1. The summed E-state index contributed by atoms with van der Waals surface area (Å²) in [4.78, 5) is 0. The summed E-state index contributed by atoms with van der Waals surface area (Å²) in [6.45, 7) is 4.23. The Bertz CT molecular complexity index is 71.3. The molecule has 0 aliphatic heterocycles. The van der Waals surface area contributed by atoms with Crippen LogP contribution in [0.5, 0.6) is 0 Å². The molecule has 0 aromatic heterocycles. The Morgan fingerprint density at radius 3 is 2.67 bits per heavy atom. The number of hydrogen-bond acceptors (Lipinski definition) is 2. The Labute approximate surface area is 56.7 Å². The minimum atomic E-state index is 0.647. The van der Waals surface area contributed by atoms with Gasteiger partial charge >= 0.3 is 0 Å². The Morgan fingerprint density at radius 2 is 2.22 bits per heavy atom. The fourth-order valence-corrected chi connectivity index (χ4v) is 0.623. The van der Waals surface area contributed by atoms with E-state index in [1.54, 1.807) is 7.05 Å². The predicted molar refractivity (Wildman–Crippen MR) is 40.0 cm³/mol. The highest BCUT2D eigenvalue weighted by atomic mass is 16.5. The Kier molecular flexibility index (Phi) is 5.57. The number of nitrogens with zero attached hydrogens (tertiary/aromatic N) is 1.